The van der Waals surface area contributed by atoms with E-state index in [0.29, 0.717) is 12.3 Å². The molecule has 0 saturated heterocycles. The lowest BCUT2D eigenvalue weighted by molar-refractivity contribution is 0.0520. The first-order valence-electron chi connectivity index (χ1n) is 8.51. The van der Waals surface area contributed by atoms with E-state index in [9.17, 15) is 4.79 Å². The standard InChI is InChI=1S/C22H19NO2/c1-2-25-22(24)20-14-18-12-13-19(21(18)23-20)17-10-8-16(9-11-17)15-6-4-3-5-7-15/h3-11,13-14,23H,2,12H2,1H3. The van der Waals surface area contributed by atoms with E-state index in [2.05, 4.69) is 47.5 Å². The molecule has 1 aliphatic carbocycles. The van der Waals surface area contributed by atoms with Crippen molar-refractivity contribution in [2.24, 2.45) is 0 Å². The molecule has 0 spiro atoms. The second-order valence-corrected chi connectivity index (χ2v) is 6.07. The third-order valence-electron chi connectivity index (χ3n) is 4.49. The van der Waals surface area contributed by atoms with Gasteiger partial charge < -0.3 is 9.72 Å². The van der Waals surface area contributed by atoms with Gasteiger partial charge in [-0.25, -0.2) is 4.79 Å². The quantitative estimate of drug-likeness (QED) is 0.696. The van der Waals surface area contributed by atoms with Gasteiger partial charge in [-0.2, -0.15) is 0 Å². The molecular weight excluding hydrogens is 310 g/mol. The molecule has 0 unspecified atom stereocenters. The molecule has 1 heterocycles. The Morgan fingerprint density at radius 1 is 1.00 bits per heavy atom. The van der Waals surface area contributed by atoms with Gasteiger partial charge in [-0.05, 0) is 41.7 Å². The number of carbonyl (C=O) groups excluding carboxylic acids is 1. The minimum atomic E-state index is -0.296. The number of hydrogen-bond donors (Lipinski definition) is 1. The fourth-order valence-corrected chi connectivity index (χ4v) is 3.27. The summed E-state index contributed by atoms with van der Waals surface area (Å²) in [7, 11) is 0. The number of H-pyrrole nitrogens is 1. The Balaban J connectivity index is 1.61. The number of fused-ring (bicyclic) bond motifs is 1. The monoisotopic (exact) mass is 329 g/mol. The van der Waals surface area contributed by atoms with Gasteiger partial charge in [0.05, 0.1) is 6.61 Å². The summed E-state index contributed by atoms with van der Waals surface area (Å²) in [5.74, 6) is -0.296. The summed E-state index contributed by atoms with van der Waals surface area (Å²) < 4.78 is 5.08. The van der Waals surface area contributed by atoms with E-state index < -0.39 is 0 Å². The van der Waals surface area contributed by atoms with Gasteiger partial charge in [0.1, 0.15) is 5.69 Å². The van der Waals surface area contributed by atoms with Crippen LogP contribution in [-0.2, 0) is 11.2 Å². The highest BCUT2D eigenvalue weighted by molar-refractivity contribution is 5.91. The van der Waals surface area contributed by atoms with Crippen LogP contribution in [-0.4, -0.2) is 17.6 Å². The average molecular weight is 329 g/mol. The zero-order valence-electron chi connectivity index (χ0n) is 14.1. The van der Waals surface area contributed by atoms with Gasteiger partial charge in [0, 0.05) is 11.3 Å². The molecule has 3 aromatic rings. The average Bonchev–Trinajstić information content (AvgIpc) is 3.24. The lowest BCUT2D eigenvalue weighted by atomic mass is 10.00. The minimum Gasteiger partial charge on any atom is -0.461 e. The molecule has 3 heteroatoms. The summed E-state index contributed by atoms with van der Waals surface area (Å²) >= 11 is 0. The van der Waals surface area contributed by atoms with Crippen molar-refractivity contribution in [1.82, 2.24) is 4.98 Å². The molecule has 4 rings (SSSR count). The second-order valence-electron chi connectivity index (χ2n) is 6.07. The molecule has 0 saturated carbocycles. The zero-order valence-corrected chi connectivity index (χ0v) is 14.1. The van der Waals surface area contributed by atoms with Gasteiger partial charge in [-0.15, -0.1) is 0 Å². The van der Waals surface area contributed by atoms with Crippen molar-refractivity contribution in [1.29, 1.82) is 0 Å². The van der Waals surface area contributed by atoms with Crippen LogP contribution in [0, 0.1) is 0 Å². The molecule has 0 bridgehead atoms. The van der Waals surface area contributed by atoms with Crippen molar-refractivity contribution in [2.45, 2.75) is 13.3 Å². The highest BCUT2D eigenvalue weighted by Gasteiger charge is 2.21. The molecule has 124 valence electrons. The summed E-state index contributed by atoms with van der Waals surface area (Å²) in [6, 6.07) is 20.8. The van der Waals surface area contributed by atoms with E-state index in [1.807, 2.05) is 31.2 Å². The molecule has 3 nitrogen and oxygen atoms in total. The van der Waals surface area contributed by atoms with Crippen LogP contribution in [0.5, 0.6) is 0 Å². The van der Waals surface area contributed by atoms with Gasteiger partial charge in [0.25, 0.3) is 0 Å². The Morgan fingerprint density at radius 3 is 2.40 bits per heavy atom. The molecule has 25 heavy (non-hydrogen) atoms. The number of aromatic amines is 1. The Morgan fingerprint density at radius 2 is 1.68 bits per heavy atom. The van der Waals surface area contributed by atoms with E-state index in [0.717, 1.165) is 28.8 Å². The molecule has 1 N–H and O–H groups in total. The second kappa shape index (κ2) is 6.44. The van der Waals surface area contributed by atoms with Gasteiger partial charge in [0.2, 0.25) is 0 Å². The van der Waals surface area contributed by atoms with Gasteiger partial charge in [0.15, 0.2) is 0 Å². The van der Waals surface area contributed by atoms with Crippen molar-refractivity contribution in [3.63, 3.8) is 0 Å². The van der Waals surface area contributed by atoms with Crippen LogP contribution in [0.15, 0.2) is 66.7 Å². The van der Waals surface area contributed by atoms with Gasteiger partial charge in [-0.1, -0.05) is 60.7 Å². The summed E-state index contributed by atoms with van der Waals surface area (Å²) in [6.45, 7) is 2.19. The van der Waals surface area contributed by atoms with Crippen LogP contribution in [0.3, 0.4) is 0 Å². The minimum absolute atomic E-state index is 0.296. The largest absolute Gasteiger partial charge is 0.461 e. The molecule has 1 aromatic heterocycles. The Bertz CT molecular complexity index is 934. The SMILES string of the molecule is CCOC(=O)c1cc2c([nH]1)C(c1ccc(-c3ccccc3)cc1)=CC2. The Kier molecular flexibility index (Phi) is 3.98. The first kappa shape index (κ1) is 15.5. The molecule has 0 amide bonds. The number of ether oxygens (including phenoxy) is 1. The number of esters is 1. The van der Waals surface area contributed by atoms with Crippen LogP contribution in [0.4, 0.5) is 0 Å². The third kappa shape index (κ3) is 2.89. The molecule has 0 atom stereocenters. The summed E-state index contributed by atoms with van der Waals surface area (Å²) in [4.78, 5) is 15.2. The number of rotatable bonds is 4. The number of aromatic nitrogens is 1. The predicted molar refractivity (Wildman–Crippen MR) is 99.4 cm³/mol. The smallest absolute Gasteiger partial charge is 0.354 e. The first-order chi connectivity index (χ1) is 12.3. The van der Waals surface area contributed by atoms with Crippen LogP contribution < -0.4 is 0 Å². The molecule has 0 fully saturated rings. The maximum absolute atomic E-state index is 11.9. The summed E-state index contributed by atoms with van der Waals surface area (Å²) in [5, 5.41) is 0. The molecule has 2 aromatic carbocycles. The highest BCUT2D eigenvalue weighted by Crippen LogP contribution is 2.33. The molecule has 0 radical (unpaired) electrons. The number of hydrogen-bond acceptors (Lipinski definition) is 2. The van der Waals surface area contributed by atoms with Crippen molar-refractivity contribution >= 4 is 11.5 Å². The molecule has 0 aliphatic heterocycles. The normalized spacial score (nSPS) is 12.6. The fraction of sp³-hybridized carbons (Fsp3) is 0.136. The lowest BCUT2D eigenvalue weighted by Crippen LogP contribution is -2.05. The number of benzene rings is 2. The topological polar surface area (TPSA) is 42.1 Å². The maximum atomic E-state index is 11.9. The number of allylic oxidation sites excluding steroid dienone is 1. The van der Waals surface area contributed by atoms with Crippen molar-refractivity contribution in [3.8, 4) is 11.1 Å². The van der Waals surface area contributed by atoms with Crippen LogP contribution in [0.25, 0.3) is 16.7 Å². The van der Waals surface area contributed by atoms with E-state index in [1.54, 1.807) is 0 Å². The van der Waals surface area contributed by atoms with Crippen LogP contribution in [0.1, 0.15) is 34.2 Å². The van der Waals surface area contributed by atoms with E-state index in [1.165, 1.54) is 11.1 Å². The van der Waals surface area contributed by atoms with E-state index in [4.69, 9.17) is 4.74 Å². The van der Waals surface area contributed by atoms with E-state index >= 15 is 0 Å². The highest BCUT2D eigenvalue weighted by atomic mass is 16.5. The predicted octanol–water partition coefficient (Wildman–Crippen LogP) is 4.85. The summed E-state index contributed by atoms with van der Waals surface area (Å²) in [6.07, 6.45) is 3.04. The zero-order chi connectivity index (χ0) is 17.2. The fourth-order valence-electron chi connectivity index (χ4n) is 3.27. The first-order valence-corrected chi connectivity index (χ1v) is 8.51. The van der Waals surface area contributed by atoms with Crippen molar-refractivity contribution in [3.05, 3.63) is 89.3 Å². The van der Waals surface area contributed by atoms with Gasteiger partial charge in [-0.3, -0.25) is 0 Å². The molecular formula is C22H19NO2. The van der Waals surface area contributed by atoms with Crippen molar-refractivity contribution < 1.29 is 9.53 Å². The van der Waals surface area contributed by atoms with Crippen LogP contribution in [0.2, 0.25) is 0 Å². The Labute approximate surface area is 147 Å². The van der Waals surface area contributed by atoms with Crippen molar-refractivity contribution in [2.75, 3.05) is 6.61 Å². The molecule has 1 aliphatic rings. The number of nitrogens with one attached hydrogen (secondary N) is 1. The Hall–Kier alpha value is -3.07. The third-order valence-corrected chi connectivity index (χ3v) is 4.49. The lowest BCUT2D eigenvalue weighted by Gasteiger charge is -2.06. The van der Waals surface area contributed by atoms with E-state index in [-0.39, 0.29) is 5.97 Å². The van der Waals surface area contributed by atoms with Crippen LogP contribution >= 0.6 is 0 Å². The van der Waals surface area contributed by atoms with Gasteiger partial charge >= 0.3 is 5.97 Å². The summed E-state index contributed by atoms with van der Waals surface area (Å²) in [5.41, 5.74) is 7.39. The maximum Gasteiger partial charge on any atom is 0.354 e. The number of carbonyl (C=O) groups is 1.